The van der Waals surface area contributed by atoms with E-state index in [1.807, 2.05) is 0 Å². The molecule has 0 aliphatic carbocycles. The van der Waals surface area contributed by atoms with E-state index >= 15 is 0 Å². The van der Waals surface area contributed by atoms with Gasteiger partial charge in [0.05, 0.1) is 28.5 Å². The number of carbonyl (C=O) groups excluding carboxylic acids is 1. The Labute approximate surface area is 159 Å². The molecule has 132 valence electrons. The van der Waals surface area contributed by atoms with Crippen LogP contribution < -0.4 is 13.9 Å². The Bertz CT molecular complexity index is 936. The highest BCUT2D eigenvalue weighted by Crippen LogP contribution is 2.38. The van der Waals surface area contributed by atoms with Gasteiger partial charge in [0.2, 0.25) is 0 Å². The minimum absolute atomic E-state index is 0.126. The number of rotatable bonds is 4. The minimum atomic E-state index is -3.62. The Hall–Kier alpha value is -1.77. The molecule has 0 saturated heterocycles. The van der Waals surface area contributed by atoms with Crippen molar-refractivity contribution in [2.24, 2.45) is 0 Å². The molecule has 3 rings (SSSR count). The smallest absolute Gasteiger partial charge is 0.326 e. The largest absolute Gasteiger partial charge is 0.350 e. The van der Waals surface area contributed by atoms with Gasteiger partial charge in [-0.05, 0) is 30.3 Å². The summed E-state index contributed by atoms with van der Waals surface area (Å²) in [5, 5.41) is 3.04. The van der Waals surface area contributed by atoms with Gasteiger partial charge in [0.25, 0.3) is 5.91 Å². The molecule has 1 N–H and O–H groups in total. The number of nitrogens with zero attached hydrogens (tertiary/aromatic N) is 2. The molecule has 1 amide bonds. The monoisotopic (exact) mass is 443 g/mol. The van der Waals surface area contributed by atoms with E-state index < -0.39 is 10.2 Å². The molecule has 0 aromatic heterocycles. The standard InChI is InChI=1S/C16H15BrClN3O3S/c1-20-14-4-2-3-5-15(14)21(25(20,23)24)9-8-19-16(22)12-10-11(17)6-7-13(12)18/h2-7,10H,8-9H2,1H3,(H,19,22). The highest BCUT2D eigenvalue weighted by atomic mass is 79.9. The summed E-state index contributed by atoms with van der Waals surface area (Å²) in [5.74, 6) is -0.357. The van der Waals surface area contributed by atoms with E-state index in [1.165, 1.54) is 15.7 Å². The highest BCUT2D eigenvalue weighted by Gasteiger charge is 2.37. The van der Waals surface area contributed by atoms with E-state index in [0.717, 1.165) is 4.47 Å². The zero-order chi connectivity index (χ0) is 18.2. The van der Waals surface area contributed by atoms with E-state index in [2.05, 4.69) is 21.2 Å². The van der Waals surface area contributed by atoms with Gasteiger partial charge in [-0.2, -0.15) is 8.42 Å². The van der Waals surface area contributed by atoms with Crippen molar-refractivity contribution < 1.29 is 13.2 Å². The van der Waals surface area contributed by atoms with Crippen molar-refractivity contribution in [3.63, 3.8) is 0 Å². The highest BCUT2D eigenvalue weighted by molar-refractivity contribution is 9.10. The molecule has 0 fully saturated rings. The zero-order valence-electron chi connectivity index (χ0n) is 13.2. The van der Waals surface area contributed by atoms with Crippen molar-refractivity contribution in [1.29, 1.82) is 0 Å². The summed E-state index contributed by atoms with van der Waals surface area (Å²) in [5.41, 5.74) is 1.54. The molecular weight excluding hydrogens is 430 g/mol. The van der Waals surface area contributed by atoms with Crippen LogP contribution in [0.15, 0.2) is 46.9 Å². The topological polar surface area (TPSA) is 69.7 Å². The molecule has 0 atom stereocenters. The third-order valence-electron chi connectivity index (χ3n) is 3.89. The number of benzene rings is 2. The van der Waals surface area contributed by atoms with Gasteiger partial charge in [0.1, 0.15) is 0 Å². The third kappa shape index (κ3) is 3.33. The fraction of sp³-hybridized carbons (Fsp3) is 0.188. The van der Waals surface area contributed by atoms with Crippen LogP contribution in [0.25, 0.3) is 0 Å². The van der Waals surface area contributed by atoms with Crippen molar-refractivity contribution >= 4 is 55.0 Å². The van der Waals surface area contributed by atoms with Gasteiger partial charge in [0, 0.05) is 18.1 Å². The first kappa shape index (κ1) is 18.0. The lowest BCUT2D eigenvalue weighted by Crippen LogP contribution is -2.40. The predicted molar refractivity (Wildman–Crippen MR) is 103 cm³/mol. The Kier molecular flexibility index (Phi) is 4.95. The van der Waals surface area contributed by atoms with Gasteiger partial charge in [-0.3, -0.25) is 9.10 Å². The maximum Gasteiger partial charge on any atom is 0.326 e. The molecule has 1 aliphatic rings. The number of carbonyl (C=O) groups is 1. The first-order valence-corrected chi connectivity index (χ1v) is 9.98. The van der Waals surface area contributed by atoms with Crippen LogP contribution in [-0.4, -0.2) is 34.5 Å². The second-order valence-corrected chi connectivity index (χ2v) is 8.62. The van der Waals surface area contributed by atoms with Crippen molar-refractivity contribution in [3.8, 4) is 0 Å². The number of amides is 1. The number of hydrogen-bond acceptors (Lipinski definition) is 3. The predicted octanol–water partition coefficient (Wildman–Crippen LogP) is 3.03. The molecule has 0 radical (unpaired) electrons. The van der Waals surface area contributed by atoms with Gasteiger partial charge in [-0.25, -0.2) is 4.31 Å². The Morgan fingerprint density at radius 3 is 2.60 bits per heavy atom. The molecule has 1 aliphatic heterocycles. The first-order chi connectivity index (χ1) is 11.8. The van der Waals surface area contributed by atoms with Crippen LogP contribution in [0, 0.1) is 0 Å². The van der Waals surface area contributed by atoms with E-state index in [0.29, 0.717) is 22.0 Å². The molecule has 25 heavy (non-hydrogen) atoms. The lowest BCUT2D eigenvalue weighted by Gasteiger charge is -2.19. The quantitative estimate of drug-likeness (QED) is 0.788. The molecule has 0 spiro atoms. The molecule has 1 heterocycles. The normalized spacial score (nSPS) is 15.2. The summed E-state index contributed by atoms with van der Waals surface area (Å²) in [4.78, 5) is 12.3. The fourth-order valence-electron chi connectivity index (χ4n) is 2.61. The summed E-state index contributed by atoms with van der Waals surface area (Å²) in [6.45, 7) is 0.282. The number of fused-ring (bicyclic) bond motifs is 1. The summed E-state index contributed by atoms with van der Waals surface area (Å²) in [7, 11) is -2.11. The molecule has 2 aromatic carbocycles. The molecule has 6 nitrogen and oxygen atoms in total. The molecule has 9 heteroatoms. The number of anilines is 2. The van der Waals surface area contributed by atoms with E-state index in [9.17, 15) is 13.2 Å². The zero-order valence-corrected chi connectivity index (χ0v) is 16.4. The summed E-state index contributed by atoms with van der Waals surface area (Å²) >= 11 is 9.33. The van der Waals surface area contributed by atoms with Crippen LogP contribution in [0.1, 0.15) is 10.4 Å². The van der Waals surface area contributed by atoms with E-state index in [-0.39, 0.29) is 19.0 Å². The molecule has 0 bridgehead atoms. The maximum atomic E-state index is 12.5. The molecule has 0 unspecified atom stereocenters. The second-order valence-electron chi connectivity index (χ2n) is 5.42. The van der Waals surface area contributed by atoms with Crippen molar-refractivity contribution in [2.75, 3.05) is 28.7 Å². The van der Waals surface area contributed by atoms with Crippen LogP contribution in [0.2, 0.25) is 5.02 Å². The SMILES string of the molecule is CN1c2ccccc2N(CCNC(=O)c2cc(Br)ccc2Cl)S1(=O)=O. The number of hydrogen-bond donors (Lipinski definition) is 1. The Morgan fingerprint density at radius 1 is 1.20 bits per heavy atom. The first-order valence-electron chi connectivity index (χ1n) is 7.41. The Balaban J connectivity index is 1.72. The van der Waals surface area contributed by atoms with Gasteiger partial charge in [-0.15, -0.1) is 0 Å². The lowest BCUT2D eigenvalue weighted by molar-refractivity contribution is 0.0955. The van der Waals surface area contributed by atoms with E-state index in [4.69, 9.17) is 11.6 Å². The average molecular weight is 445 g/mol. The van der Waals surface area contributed by atoms with Crippen molar-refractivity contribution in [2.45, 2.75) is 0 Å². The second kappa shape index (κ2) is 6.86. The molecular formula is C16H15BrClN3O3S. The van der Waals surface area contributed by atoms with Gasteiger partial charge >= 0.3 is 10.2 Å². The summed E-state index contributed by atoms with van der Waals surface area (Å²) < 4.78 is 28.3. The minimum Gasteiger partial charge on any atom is -0.350 e. The van der Waals surface area contributed by atoms with Crippen LogP contribution >= 0.6 is 27.5 Å². The van der Waals surface area contributed by atoms with Gasteiger partial charge < -0.3 is 5.32 Å². The summed E-state index contributed by atoms with van der Waals surface area (Å²) in [6.07, 6.45) is 0. The van der Waals surface area contributed by atoms with Gasteiger partial charge in [0.15, 0.2) is 0 Å². The van der Waals surface area contributed by atoms with Gasteiger partial charge in [-0.1, -0.05) is 39.7 Å². The Morgan fingerprint density at radius 2 is 1.88 bits per heavy atom. The fourth-order valence-corrected chi connectivity index (χ4v) is 4.60. The maximum absolute atomic E-state index is 12.5. The molecule has 0 saturated carbocycles. The molecule has 2 aromatic rings. The van der Waals surface area contributed by atoms with Crippen LogP contribution in [0.5, 0.6) is 0 Å². The van der Waals surface area contributed by atoms with Crippen LogP contribution in [0.4, 0.5) is 11.4 Å². The third-order valence-corrected chi connectivity index (χ3v) is 6.54. The van der Waals surface area contributed by atoms with E-state index in [1.54, 1.807) is 42.5 Å². The summed E-state index contributed by atoms with van der Waals surface area (Å²) in [6, 6.07) is 12.0. The van der Waals surface area contributed by atoms with Crippen LogP contribution in [0.3, 0.4) is 0 Å². The van der Waals surface area contributed by atoms with Crippen molar-refractivity contribution in [3.05, 3.63) is 57.5 Å². The number of nitrogens with one attached hydrogen (secondary N) is 1. The van der Waals surface area contributed by atoms with Crippen LogP contribution in [-0.2, 0) is 10.2 Å². The lowest BCUT2D eigenvalue weighted by atomic mass is 10.2. The number of para-hydroxylation sites is 2. The number of halogens is 2. The van der Waals surface area contributed by atoms with Crippen molar-refractivity contribution in [1.82, 2.24) is 5.32 Å². The average Bonchev–Trinajstić information content (AvgIpc) is 2.78.